The van der Waals surface area contributed by atoms with Crippen LogP contribution < -0.4 is 10.6 Å². The summed E-state index contributed by atoms with van der Waals surface area (Å²) < 4.78 is 6.44. The molecule has 3 unspecified atom stereocenters. The van der Waals surface area contributed by atoms with Crippen molar-refractivity contribution in [3.8, 4) is 0 Å². The predicted octanol–water partition coefficient (Wildman–Crippen LogP) is 1.83. The number of ether oxygens (including phenoxy) is 1. The first-order valence-electron chi connectivity index (χ1n) is 11.9. The van der Waals surface area contributed by atoms with E-state index in [0.717, 1.165) is 6.42 Å². The molecular formula is C24H40BrN3O5. The topological polar surface area (TPSA) is 108 Å². The molecule has 3 aliphatic heterocycles. The van der Waals surface area contributed by atoms with Gasteiger partial charge in [0.2, 0.25) is 17.7 Å². The molecule has 0 aliphatic carbocycles. The zero-order valence-corrected chi connectivity index (χ0v) is 22.7. The van der Waals surface area contributed by atoms with Gasteiger partial charge in [0.05, 0.1) is 30.6 Å². The molecule has 2 bridgehead atoms. The first-order valence-corrected chi connectivity index (χ1v) is 12.8. The molecular weight excluding hydrogens is 490 g/mol. The fourth-order valence-electron chi connectivity index (χ4n) is 6.58. The lowest BCUT2D eigenvalue weighted by Gasteiger charge is -2.41. The van der Waals surface area contributed by atoms with Crippen LogP contribution >= 0.6 is 15.9 Å². The molecule has 3 aliphatic rings. The van der Waals surface area contributed by atoms with E-state index in [4.69, 9.17) is 4.74 Å². The van der Waals surface area contributed by atoms with Crippen LogP contribution in [0.15, 0.2) is 0 Å². The van der Waals surface area contributed by atoms with Crippen molar-refractivity contribution in [3.63, 3.8) is 0 Å². The monoisotopic (exact) mass is 529 g/mol. The maximum absolute atomic E-state index is 13.9. The Morgan fingerprint density at radius 1 is 1.24 bits per heavy atom. The summed E-state index contributed by atoms with van der Waals surface area (Å²) in [6.07, 6.45) is 0.707. The Labute approximate surface area is 205 Å². The summed E-state index contributed by atoms with van der Waals surface area (Å²) in [5.41, 5.74) is -1.64. The van der Waals surface area contributed by atoms with Crippen molar-refractivity contribution < 1.29 is 24.2 Å². The second-order valence-corrected chi connectivity index (χ2v) is 13.3. The highest BCUT2D eigenvalue weighted by Gasteiger charge is 2.77. The van der Waals surface area contributed by atoms with Gasteiger partial charge in [-0.15, -0.1) is 0 Å². The lowest BCUT2D eigenvalue weighted by atomic mass is 9.70. The van der Waals surface area contributed by atoms with Crippen LogP contribution in [0.3, 0.4) is 0 Å². The number of hydrogen-bond donors (Lipinski definition) is 3. The van der Waals surface area contributed by atoms with E-state index in [1.54, 1.807) is 7.05 Å². The molecule has 3 amide bonds. The fourth-order valence-corrected chi connectivity index (χ4v) is 7.53. The highest BCUT2D eigenvalue weighted by atomic mass is 79.9. The van der Waals surface area contributed by atoms with E-state index in [1.807, 2.05) is 27.7 Å². The Morgan fingerprint density at radius 3 is 2.33 bits per heavy atom. The smallest absolute Gasteiger partial charge is 0.246 e. The van der Waals surface area contributed by atoms with E-state index in [9.17, 15) is 19.5 Å². The van der Waals surface area contributed by atoms with E-state index in [-0.39, 0.29) is 40.5 Å². The van der Waals surface area contributed by atoms with Crippen molar-refractivity contribution in [2.45, 2.75) is 95.5 Å². The van der Waals surface area contributed by atoms with Gasteiger partial charge < -0.3 is 25.4 Å². The van der Waals surface area contributed by atoms with Gasteiger partial charge in [0.25, 0.3) is 0 Å². The maximum Gasteiger partial charge on any atom is 0.246 e. The number of aliphatic hydroxyl groups is 1. The molecule has 3 N–H and O–H groups in total. The first kappa shape index (κ1) is 26.4. The molecule has 0 radical (unpaired) electrons. The van der Waals surface area contributed by atoms with Gasteiger partial charge in [-0.2, -0.15) is 0 Å². The van der Waals surface area contributed by atoms with Crippen molar-refractivity contribution in [2.75, 3.05) is 13.7 Å². The van der Waals surface area contributed by atoms with Crippen molar-refractivity contribution in [3.05, 3.63) is 0 Å². The van der Waals surface area contributed by atoms with Gasteiger partial charge in [-0.25, -0.2) is 0 Å². The molecule has 188 valence electrons. The Kier molecular flexibility index (Phi) is 7.04. The Balaban J connectivity index is 2.07. The molecule has 3 rings (SSSR count). The van der Waals surface area contributed by atoms with Gasteiger partial charge >= 0.3 is 0 Å². The van der Waals surface area contributed by atoms with E-state index >= 15 is 0 Å². The molecule has 3 fully saturated rings. The summed E-state index contributed by atoms with van der Waals surface area (Å²) in [6.45, 7) is 13.9. The number of halogens is 1. The van der Waals surface area contributed by atoms with E-state index in [2.05, 4.69) is 47.3 Å². The summed E-state index contributed by atoms with van der Waals surface area (Å²) in [6, 6.07) is -1.48. The number of amides is 3. The number of carbonyl (C=O) groups is 3. The third-order valence-electron chi connectivity index (χ3n) is 7.27. The number of fused-ring (bicyclic) bond motifs is 1. The van der Waals surface area contributed by atoms with Crippen LogP contribution in [0, 0.1) is 23.2 Å². The molecule has 0 aromatic rings. The molecule has 33 heavy (non-hydrogen) atoms. The lowest BCUT2D eigenvalue weighted by molar-refractivity contribution is -0.147. The zero-order valence-electron chi connectivity index (χ0n) is 21.1. The molecule has 7 atom stereocenters. The standard InChI is InChI=1S/C24H40BrN3O5/c1-12(2)14(10-29)28-18(20(31)27-23(6,7)11-22(3,4)5)24-9-13(25)17(33-24)15(19(30)26-8)16(24)21(28)32/h12-18,29H,9-11H2,1-8H3,(H,26,30)(H,27,31)/t13?,14-,15-,16-,17-,18?,24?/m0/s1. The third-order valence-corrected chi connectivity index (χ3v) is 8.12. The Morgan fingerprint density at radius 2 is 1.85 bits per heavy atom. The first-order chi connectivity index (χ1) is 15.1. The Hall–Kier alpha value is -1.19. The molecule has 3 saturated heterocycles. The van der Waals surface area contributed by atoms with E-state index in [0.29, 0.717) is 6.42 Å². The van der Waals surface area contributed by atoms with Crippen LogP contribution in [0.4, 0.5) is 0 Å². The van der Waals surface area contributed by atoms with Crippen LogP contribution in [-0.4, -0.2) is 75.5 Å². The van der Waals surface area contributed by atoms with Crippen molar-refractivity contribution in [1.82, 2.24) is 15.5 Å². The lowest BCUT2D eigenvalue weighted by Crippen LogP contribution is -2.62. The maximum atomic E-state index is 13.9. The molecule has 0 aromatic carbocycles. The number of nitrogens with one attached hydrogen (secondary N) is 2. The molecule has 1 spiro atoms. The number of hydrogen-bond acceptors (Lipinski definition) is 5. The zero-order chi connectivity index (χ0) is 25.1. The normalized spacial score (nSPS) is 34.6. The minimum atomic E-state index is -1.11. The van der Waals surface area contributed by atoms with Crippen LogP contribution in [-0.2, 0) is 19.1 Å². The summed E-state index contributed by atoms with van der Waals surface area (Å²) >= 11 is 3.65. The number of aliphatic hydroxyl groups excluding tert-OH is 1. The van der Waals surface area contributed by atoms with E-state index < -0.39 is 41.2 Å². The average Bonchev–Trinajstić information content (AvgIpc) is 3.23. The van der Waals surface area contributed by atoms with Crippen LogP contribution in [0.25, 0.3) is 0 Å². The molecule has 0 saturated carbocycles. The molecule has 9 heteroatoms. The highest BCUT2D eigenvalue weighted by Crippen LogP contribution is 2.60. The second kappa shape index (κ2) is 8.79. The second-order valence-electron chi connectivity index (χ2n) is 12.1. The van der Waals surface area contributed by atoms with Gasteiger partial charge in [-0.05, 0) is 38.0 Å². The van der Waals surface area contributed by atoms with Gasteiger partial charge in [-0.1, -0.05) is 50.5 Å². The Bertz CT molecular complexity index is 810. The third kappa shape index (κ3) is 4.45. The van der Waals surface area contributed by atoms with Crippen molar-refractivity contribution in [1.29, 1.82) is 0 Å². The average molecular weight is 531 g/mol. The number of alkyl halides is 1. The number of likely N-dealkylation sites (tertiary alicyclic amines) is 1. The van der Waals surface area contributed by atoms with Crippen LogP contribution in [0.2, 0.25) is 0 Å². The van der Waals surface area contributed by atoms with Crippen molar-refractivity contribution in [2.24, 2.45) is 23.2 Å². The molecule has 0 aromatic heterocycles. The van der Waals surface area contributed by atoms with Gasteiger partial charge in [0.15, 0.2) is 0 Å². The summed E-state index contributed by atoms with van der Waals surface area (Å²) in [7, 11) is 1.55. The molecule has 3 heterocycles. The summed E-state index contributed by atoms with van der Waals surface area (Å²) in [5, 5.41) is 16.1. The number of carbonyl (C=O) groups excluding carboxylic acids is 3. The molecule has 8 nitrogen and oxygen atoms in total. The van der Waals surface area contributed by atoms with Crippen molar-refractivity contribution >= 4 is 33.7 Å². The SMILES string of the molecule is CNC(=O)[C@H]1[C@H]2C(=O)N([C@@H](CO)C(C)C)C(C(=O)NC(C)(C)CC(C)(C)C)C23CC(Br)[C@@H]1O3. The van der Waals surface area contributed by atoms with Gasteiger partial charge in [0, 0.05) is 17.4 Å². The van der Waals surface area contributed by atoms with Crippen LogP contribution in [0.5, 0.6) is 0 Å². The van der Waals surface area contributed by atoms with Crippen LogP contribution in [0.1, 0.15) is 61.3 Å². The largest absolute Gasteiger partial charge is 0.394 e. The van der Waals surface area contributed by atoms with Gasteiger partial charge in [0.1, 0.15) is 11.6 Å². The quantitative estimate of drug-likeness (QED) is 0.436. The highest BCUT2D eigenvalue weighted by molar-refractivity contribution is 9.09. The summed E-state index contributed by atoms with van der Waals surface area (Å²) in [5.74, 6) is -2.37. The number of nitrogens with zero attached hydrogens (tertiary/aromatic N) is 1. The number of rotatable bonds is 7. The minimum absolute atomic E-state index is 0.0120. The van der Waals surface area contributed by atoms with E-state index in [1.165, 1.54) is 4.90 Å². The fraction of sp³-hybridized carbons (Fsp3) is 0.875. The predicted molar refractivity (Wildman–Crippen MR) is 129 cm³/mol. The minimum Gasteiger partial charge on any atom is -0.394 e. The van der Waals surface area contributed by atoms with Gasteiger partial charge in [-0.3, -0.25) is 14.4 Å². The summed E-state index contributed by atoms with van der Waals surface area (Å²) in [4.78, 5) is 42.0.